The van der Waals surface area contributed by atoms with E-state index < -0.39 is 11.9 Å². The summed E-state index contributed by atoms with van der Waals surface area (Å²) in [5, 5.41) is 22.8. The average Bonchev–Trinajstić information content (AvgIpc) is 2.36. The fourth-order valence-electron chi connectivity index (χ4n) is 2.19. The highest BCUT2D eigenvalue weighted by atomic mass is 16.4. The topological polar surface area (TPSA) is 99.0 Å². The number of hydrogen-bond acceptors (Lipinski definition) is 4. The Morgan fingerprint density at radius 1 is 1.39 bits per heavy atom. The summed E-state index contributed by atoms with van der Waals surface area (Å²) >= 11 is 0. The van der Waals surface area contributed by atoms with E-state index in [2.05, 4.69) is 10.5 Å². The van der Waals surface area contributed by atoms with Crippen LogP contribution in [-0.4, -0.2) is 34.9 Å². The number of rotatable bonds is 5. The van der Waals surface area contributed by atoms with Gasteiger partial charge >= 0.3 is 5.97 Å². The molecule has 3 N–H and O–H groups in total. The van der Waals surface area contributed by atoms with Crippen LogP contribution in [0.15, 0.2) is 5.16 Å². The van der Waals surface area contributed by atoms with Crippen molar-refractivity contribution in [3.63, 3.8) is 0 Å². The van der Waals surface area contributed by atoms with Gasteiger partial charge in [-0.15, -0.1) is 5.16 Å². The smallest absolute Gasteiger partial charge is 0.306 e. The maximum absolute atomic E-state index is 11.5. The molecule has 6 heteroatoms. The lowest BCUT2D eigenvalue weighted by Crippen LogP contribution is -2.35. The molecule has 0 heterocycles. The van der Waals surface area contributed by atoms with Crippen molar-refractivity contribution in [2.24, 2.45) is 22.9 Å². The summed E-state index contributed by atoms with van der Waals surface area (Å²) in [5.41, 5.74) is 0. The number of carboxylic acid groups (broad SMARTS) is 1. The number of carbonyl (C=O) groups excluding carboxylic acids is 1. The Labute approximate surface area is 106 Å². The molecule has 1 aliphatic carbocycles. The Hall–Kier alpha value is -1.59. The largest absolute Gasteiger partial charge is 0.481 e. The maximum Gasteiger partial charge on any atom is 0.306 e. The minimum absolute atomic E-state index is 0.173. The maximum atomic E-state index is 11.5. The van der Waals surface area contributed by atoms with Crippen LogP contribution >= 0.6 is 0 Å². The summed E-state index contributed by atoms with van der Waals surface area (Å²) < 4.78 is 0. The van der Waals surface area contributed by atoms with Gasteiger partial charge in [0.05, 0.1) is 18.1 Å². The first-order chi connectivity index (χ1) is 8.54. The van der Waals surface area contributed by atoms with Gasteiger partial charge in [-0.3, -0.25) is 9.59 Å². The third-order valence-corrected chi connectivity index (χ3v) is 3.46. The third-order valence-electron chi connectivity index (χ3n) is 3.46. The van der Waals surface area contributed by atoms with Gasteiger partial charge < -0.3 is 15.6 Å². The molecule has 1 aliphatic rings. The van der Waals surface area contributed by atoms with Crippen LogP contribution in [0.25, 0.3) is 0 Å². The molecule has 1 amide bonds. The number of nitrogens with one attached hydrogen (secondary N) is 1. The van der Waals surface area contributed by atoms with Crippen LogP contribution in [0.5, 0.6) is 0 Å². The highest BCUT2D eigenvalue weighted by molar-refractivity contribution is 5.92. The second kappa shape index (κ2) is 6.98. The molecule has 1 saturated carbocycles. The van der Waals surface area contributed by atoms with E-state index in [-0.39, 0.29) is 11.8 Å². The standard InChI is InChI=1S/C12H20N2O4/c1-8(6-14-18)11(15)13-7-9-2-4-10(5-3-9)12(16)17/h6,8-10,18H,2-5,7H2,1H3,(H,13,15)(H,16,17)/t8?,9-,10-. The number of hydrogen-bond donors (Lipinski definition) is 3. The molecule has 1 rings (SSSR count). The summed E-state index contributed by atoms with van der Waals surface area (Å²) in [6.07, 6.45) is 4.21. The molecule has 1 fully saturated rings. The number of amides is 1. The number of carboxylic acids is 1. The molecular formula is C12H20N2O4. The van der Waals surface area contributed by atoms with Crippen molar-refractivity contribution < 1.29 is 19.9 Å². The molecule has 0 spiro atoms. The van der Waals surface area contributed by atoms with Crippen molar-refractivity contribution >= 4 is 18.1 Å². The molecular weight excluding hydrogens is 236 g/mol. The highest BCUT2D eigenvalue weighted by Gasteiger charge is 2.26. The Balaban J connectivity index is 2.25. The molecule has 0 radical (unpaired) electrons. The SMILES string of the molecule is CC(C=NO)C(=O)NC[C@H]1CC[C@H](C(=O)O)CC1. The van der Waals surface area contributed by atoms with E-state index in [9.17, 15) is 9.59 Å². The zero-order chi connectivity index (χ0) is 13.5. The fourth-order valence-corrected chi connectivity index (χ4v) is 2.19. The minimum Gasteiger partial charge on any atom is -0.481 e. The Bertz CT molecular complexity index is 322. The number of aliphatic carboxylic acids is 1. The van der Waals surface area contributed by atoms with Gasteiger partial charge in [-0.25, -0.2) is 0 Å². The number of carbonyl (C=O) groups is 2. The quantitative estimate of drug-likeness (QED) is 0.389. The summed E-state index contributed by atoms with van der Waals surface area (Å²) in [7, 11) is 0. The van der Waals surface area contributed by atoms with Gasteiger partial charge in [-0.05, 0) is 38.5 Å². The van der Waals surface area contributed by atoms with Crippen molar-refractivity contribution in [3.05, 3.63) is 0 Å². The molecule has 18 heavy (non-hydrogen) atoms. The molecule has 0 aromatic rings. The summed E-state index contributed by atoms with van der Waals surface area (Å²) in [6.45, 7) is 2.21. The van der Waals surface area contributed by atoms with E-state index in [0.717, 1.165) is 12.8 Å². The fraction of sp³-hybridized carbons (Fsp3) is 0.750. The normalized spacial score (nSPS) is 25.8. The van der Waals surface area contributed by atoms with Gasteiger partial charge in [-0.2, -0.15) is 0 Å². The van der Waals surface area contributed by atoms with Crippen LogP contribution in [0, 0.1) is 17.8 Å². The predicted molar refractivity (Wildman–Crippen MR) is 65.5 cm³/mol. The Kier molecular flexibility index (Phi) is 5.61. The Morgan fingerprint density at radius 2 is 2.00 bits per heavy atom. The zero-order valence-corrected chi connectivity index (χ0v) is 10.5. The summed E-state index contributed by atoms with van der Waals surface area (Å²) in [6, 6.07) is 0. The zero-order valence-electron chi connectivity index (χ0n) is 10.5. The van der Waals surface area contributed by atoms with E-state index in [4.69, 9.17) is 10.3 Å². The first kappa shape index (κ1) is 14.5. The van der Waals surface area contributed by atoms with Crippen LogP contribution in [0.4, 0.5) is 0 Å². The highest BCUT2D eigenvalue weighted by Crippen LogP contribution is 2.28. The van der Waals surface area contributed by atoms with Gasteiger partial charge in [0.25, 0.3) is 0 Å². The number of nitrogens with zero attached hydrogens (tertiary/aromatic N) is 1. The van der Waals surface area contributed by atoms with Crippen molar-refractivity contribution in [1.29, 1.82) is 0 Å². The van der Waals surface area contributed by atoms with Crippen LogP contribution in [0.2, 0.25) is 0 Å². The first-order valence-corrected chi connectivity index (χ1v) is 6.22. The second-order valence-corrected chi connectivity index (χ2v) is 4.85. The molecule has 0 aromatic carbocycles. The van der Waals surface area contributed by atoms with Crippen molar-refractivity contribution in [3.8, 4) is 0 Å². The second-order valence-electron chi connectivity index (χ2n) is 4.85. The molecule has 0 saturated heterocycles. The van der Waals surface area contributed by atoms with Crippen molar-refractivity contribution in [2.45, 2.75) is 32.6 Å². The molecule has 0 aliphatic heterocycles. The number of oxime groups is 1. The van der Waals surface area contributed by atoms with Crippen molar-refractivity contribution in [2.75, 3.05) is 6.54 Å². The van der Waals surface area contributed by atoms with E-state index in [0.29, 0.717) is 25.3 Å². The first-order valence-electron chi connectivity index (χ1n) is 6.22. The molecule has 1 atom stereocenters. The summed E-state index contributed by atoms with van der Waals surface area (Å²) in [4.78, 5) is 22.3. The van der Waals surface area contributed by atoms with Gasteiger partial charge in [0, 0.05) is 6.54 Å². The molecule has 102 valence electrons. The van der Waals surface area contributed by atoms with Gasteiger partial charge in [-0.1, -0.05) is 0 Å². The Morgan fingerprint density at radius 3 is 2.50 bits per heavy atom. The summed E-state index contributed by atoms with van der Waals surface area (Å²) in [5.74, 6) is -1.22. The monoisotopic (exact) mass is 256 g/mol. The van der Waals surface area contributed by atoms with Crippen LogP contribution < -0.4 is 5.32 Å². The molecule has 0 bridgehead atoms. The lowest BCUT2D eigenvalue weighted by atomic mass is 9.82. The molecule has 6 nitrogen and oxygen atoms in total. The lowest BCUT2D eigenvalue weighted by molar-refractivity contribution is -0.143. The van der Waals surface area contributed by atoms with Crippen LogP contribution in [0.1, 0.15) is 32.6 Å². The van der Waals surface area contributed by atoms with Gasteiger partial charge in [0.15, 0.2) is 0 Å². The van der Waals surface area contributed by atoms with Crippen LogP contribution in [-0.2, 0) is 9.59 Å². The average molecular weight is 256 g/mol. The van der Waals surface area contributed by atoms with Crippen LogP contribution in [0.3, 0.4) is 0 Å². The molecule has 0 aromatic heterocycles. The third kappa shape index (κ3) is 4.35. The van der Waals surface area contributed by atoms with E-state index in [1.165, 1.54) is 6.21 Å². The lowest BCUT2D eigenvalue weighted by Gasteiger charge is -2.26. The van der Waals surface area contributed by atoms with E-state index in [1.807, 2.05) is 0 Å². The predicted octanol–water partition coefficient (Wildman–Crippen LogP) is 1.09. The van der Waals surface area contributed by atoms with Gasteiger partial charge in [0.2, 0.25) is 5.91 Å². The van der Waals surface area contributed by atoms with E-state index in [1.54, 1.807) is 6.92 Å². The molecule has 1 unspecified atom stereocenters. The van der Waals surface area contributed by atoms with Gasteiger partial charge in [0.1, 0.15) is 0 Å². The van der Waals surface area contributed by atoms with E-state index >= 15 is 0 Å². The minimum atomic E-state index is -0.717. The van der Waals surface area contributed by atoms with Crippen molar-refractivity contribution in [1.82, 2.24) is 5.32 Å².